The van der Waals surface area contributed by atoms with Crippen LogP contribution in [0.4, 0.5) is 0 Å². The van der Waals surface area contributed by atoms with E-state index in [1.165, 1.54) is 12.5 Å². The first-order valence-corrected chi connectivity index (χ1v) is 9.45. The number of aliphatic hydroxyl groups is 3. The average Bonchev–Trinajstić information content (AvgIpc) is 2.87. The highest BCUT2D eigenvalue weighted by Gasteiger charge is 2.60. The highest BCUT2D eigenvalue weighted by Crippen LogP contribution is 2.53. The summed E-state index contributed by atoms with van der Waals surface area (Å²) in [5.74, 6) is 0.443. The van der Waals surface area contributed by atoms with Gasteiger partial charge in [0.05, 0.1) is 18.3 Å². The Morgan fingerprint density at radius 3 is 2.52 bits per heavy atom. The fraction of sp³-hybridized carbons (Fsp3) is 0.850. The number of ketones is 1. The topological polar surface area (TPSA) is 87.0 Å². The van der Waals surface area contributed by atoms with Gasteiger partial charge in [-0.1, -0.05) is 25.5 Å². The summed E-state index contributed by atoms with van der Waals surface area (Å²) in [4.78, 5) is 12.4. The molecule has 0 amide bonds. The Morgan fingerprint density at radius 2 is 1.92 bits per heavy atom. The third-order valence-electron chi connectivity index (χ3n) is 6.90. The molecule has 2 bridgehead atoms. The van der Waals surface area contributed by atoms with Gasteiger partial charge in [-0.2, -0.15) is 0 Å². The van der Waals surface area contributed by atoms with Crippen molar-refractivity contribution >= 4 is 5.78 Å². The van der Waals surface area contributed by atoms with E-state index in [-0.39, 0.29) is 30.8 Å². The van der Waals surface area contributed by atoms with Gasteiger partial charge in [-0.15, -0.1) is 0 Å². The number of fused-ring (bicyclic) bond motifs is 5. The van der Waals surface area contributed by atoms with Crippen LogP contribution in [0, 0.1) is 23.7 Å². The Balaban J connectivity index is 2.10. The van der Waals surface area contributed by atoms with Crippen molar-refractivity contribution in [3.8, 4) is 0 Å². The van der Waals surface area contributed by atoms with Crippen molar-refractivity contribution in [1.29, 1.82) is 0 Å². The zero-order valence-electron chi connectivity index (χ0n) is 15.9. The van der Waals surface area contributed by atoms with E-state index in [0.717, 1.165) is 6.42 Å². The lowest BCUT2D eigenvalue weighted by molar-refractivity contribution is -0.166. The summed E-state index contributed by atoms with van der Waals surface area (Å²) < 4.78 is 6.29. The lowest BCUT2D eigenvalue weighted by Gasteiger charge is -2.44. The molecule has 0 aromatic carbocycles. The van der Waals surface area contributed by atoms with E-state index in [1.807, 2.05) is 0 Å². The van der Waals surface area contributed by atoms with E-state index in [2.05, 4.69) is 26.8 Å². The second-order valence-corrected chi connectivity index (χ2v) is 9.14. The van der Waals surface area contributed by atoms with Crippen LogP contribution in [0.5, 0.6) is 0 Å². The molecule has 2 heterocycles. The summed E-state index contributed by atoms with van der Waals surface area (Å²) in [6.45, 7) is 9.49. The Bertz CT molecular complexity index is 577. The summed E-state index contributed by atoms with van der Waals surface area (Å²) in [6.07, 6.45) is 0.969. The van der Waals surface area contributed by atoms with Crippen LogP contribution in [0.3, 0.4) is 0 Å². The van der Waals surface area contributed by atoms with Gasteiger partial charge >= 0.3 is 0 Å². The minimum absolute atomic E-state index is 0.0576. The quantitative estimate of drug-likeness (QED) is 0.627. The normalized spacial score (nSPS) is 50.8. The van der Waals surface area contributed by atoms with Gasteiger partial charge in [-0.05, 0) is 39.0 Å². The molecule has 3 aliphatic rings. The predicted molar refractivity (Wildman–Crippen MR) is 93.8 cm³/mol. The van der Waals surface area contributed by atoms with Crippen molar-refractivity contribution in [3.05, 3.63) is 11.6 Å². The second kappa shape index (κ2) is 6.15. The van der Waals surface area contributed by atoms with Crippen molar-refractivity contribution in [3.63, 3.8) is 0 Å². The Hall–Kier alpha value is -0.750. The molecule has 0 unspecified atom stereocenters. The van der Waals surface area contributed by atoms with Gasteiger partial charge in [0.25, 0.3) is 0 Å². The van der Waals surface area contributed by atoms with Crippen LogP contribution in [0.25, 0.3) is 0 Å². The van der Waals surface area contributed by atoms with Crippen LogP contribution in [-0.4, -0.2) is 50.6 Å². The molecular weight excluding hydrogens is 320 g/mol. The van der Waals surface area contributed by atoms with Gasteiger partial charge in [0.2, 0.25) is 0 Å². The van der Waals surface area contributed by atoms with E-state index < -0.39 is 29.2 Å². The molecule has 0 radical (unpaired) electrons. The molecule has 3 rings (SSSR count). The minimum atomic E-state index is -1.56. The summed E-state index contributed by atoms with van der Waals surface area (Å²) in [7, 11) is 0. The molecular formula is C20H32O5. The largest absolute Gasteiger partial charge is 0.390 e. The number of ether oxygens (including phenoxy) is 1. The Kier molecular flexibility index (Phi) is 4.68. The minimum Gasteiger partial charge on any atom is -0.390 e. The maximum absolute atomic E-state index is 12.4. The summed E-state index contributed by atoms with van der Waals surface area (Å²) in [5, 5.41) is 32.4. The average molecular weight is 352 g/mol. The highest BCUT2D eigenvalue weighted by molar-refractivity contribution is 5.87. The molecule has 1 aliphatic carbocycles. The third kappa shape index (κ3) is 2.99. The van der Waals surface area contributed by atoms with E-state index in [4.69, 9.17) is 4.74 Å². The van der Waals surface area contributed by atoms with Gasteiger partial charge in [-0.3, -0.25) is 4.79 Å². The zero-order chi connectivity index (χ0) is 18.7. The molecule has 25 heavy (non-hydrogen) atoms. The first-order valence-electron chi connectivity index (χ1n) is 9.45. The molecule has 0 spiro atoms. The number of carbonyl (C=O) groups is 1. The van der Waals surface area contributed by atoms with Crippen LogP contribution in [0.15, 0.2) is 11.6 Å². The molecule has 0 saturated carbocycles. The van der Waals surface area contributed by atoms with Crippen molar-refractivity contribution in [1.82, 2.24) is 0 Å². The van der Waals surface area contributed by atoms with Gasteiger partial charge in [0.15, 0.2) is 5.78 Å². The van der Waals surface area contributed by atoms with Gasteiger partial charge < -0.3 is 20.1 Å². The third-order valence-corrected chi connectivity index (χ3v) is 6.90. The molecule has 2 saturated heterocycles. The fourth-order valence-corrected chi connectivity index (χ4v) is 5.22. The molecule has 2 aliphatic heterocycles. The second-order valence-electron chi connectivity index (χ2n) is 9.14. The zero-order valence-corrected chi connectivity index (χ0v) is 15.9. The van der Waals surface area contributed by atoms with Crippen molar-refractivity contribution in [2.75, 3.05) is 0 Å². The van der Waals surface area contributed by atoms with E-state index >= 15 is 0 Å². The molecule has 142 valence electrons. The number of hydrogen-bond donors (Lipinski definition) is 3. The van der Waals surface area contributed by atoms with E-state index in [0.29, 0.717) is 11.8 Å². The lowest BCUT2D eigenvalue weighted by Crippen LogP contribution is -2.55. The molecule has 0 aromatic heterocycles. The van der Waals surface area contributed by atoms with Gasteiger partial charge in [0, 0.05) is 24.7 Å². The van der Waals surface area contributed by atoms with Crippen molar-refractivity contribution < 1.29 is 24.9 Å². The maximum atomic E-state index is 12.4. The maximum Gasteiger partial charge on any atom is 0.166 e. The Labute approximate surface area is 150 Å². The molecule has 5 nitrogen and oxygen atoms in total. The number of rotatable bonds is 1. The predicted octanol–water partition coefficient (Wildman–Crippen LogP) is 1.83. The molecule has 0 aromatic rings. The molecule has 3 N–H and O–H groups in total. The molecule has 2 fully saturated rings. The van der Waals surface area contributed by atoms with Crippen LogP contribution >= 0.6 is 0 Å². The summed E-state index contributed by atoms with van der Waals surface area (Å²) in [5.41, 5.74) is -1.89. The summed E-state index contributed by atoms with van der Waals surface area (Å²) in [6, 6.07) is 0. The number of aliphatic hydroxyl groups excluding tert-OH is 1. The van der Waals surface area contributed by atoms with Crippen molar-refractivity contribution in [2.24, 2.45) is 23.7 Å². The smallest absolute Gasteiger partial charge is 0.166 e. The van der Waals surface area contributed by atoms with Gasteiger partial charge in [0.1, 0.15) is 11.2 Å². The van der Waals surface area contributed by atoms with E-state index in [1.54, 1.807) is 6.92 Å². The van der Waals surface area contributed by atoms with Crippen LogP contribution in [0.2, 0.25) is 0 Å². The number of carbonyl (C=O) groups excluding carboxylic acids is 1. The fourth-order valence-electron chi connectivity index (χ4n) is 5.22. The first kappa shape index (κ1) is 19.0. The molecule has 8 atom stereocenters. The monoisotopic (exact) mass is 352 g/mol. The lowest BCUT2D eigenvalue weighted by atomic mass is 9.62. The van der Waals surface area contributed by atoms with Gasteiger partial charge in [-0.25, -0.2) is 0 Å². The number of allylic oxidation sites excluding steroid dienone is 1. The standard InChI is InChI=1S/C20H32O5/c1-10(2)12-7-6-11(3)16-13-9-19(4,23)14(21)8-15(22)20(5,24)18(25-13)17(12)16/h6,10,12-13,15-18,22-24H,7-9H2,1-5H3/t12-,13-,15-,16-,17-,18-,19+,20-/m1/s1. The number of Topliss-reactive ketones (excluding diaryl/α,β-unsaturated/α-hetero) is 1. The van der Waals surface area contributed by atoms with Crippen LogP contribution in [0.1, 0.15) is 53.9 Å². The number of hydrogen-bond acceptors (Lipinski definition) is 5. The van der Waals surface area contributed by atoms with Crippen molar-refractivity contribution in [2.45, 2.75) is 83.4 Å². The Morgan fingerprint density at radius 1 is 1.28 bits per heavy atom. The SMILES string of the molecule is CC1=CC[C@H](C(C)C)[C@@H]2[C@H]1[C@H]1C[C@](C)(O)C(=O)C[C@@H](O)[C@@](C)(O)[C@@H]2O1. The van der Waals surface area contributed by atoms with E-state index in [9.17, 15) is 20.1 Å². The summed E-state index contributed by atoms with van der Waals surface area (Å²) >= 11 is 0. The highest BCUT2D eigenvalue weighted by atomic mass is 16.5. The van der Waals surface area contributed by atoms with Crippen LogP contribution in [-0.2, 0) is 9.53 Å². The molecule has 5 heteroatoms. The first-order chi connectivity index (χ1) is 11.5. The van der Waals surface area contributed by atoms with Crippen LogP contribution < -0.4 is 0 Å².